The van der Waals surface area contributed by atoms with Gasteiger partial charge in [0.2, 0.25) is 11.8 Å². The first kappa shape index (κ1) is 17.3. The van der Waals surface area contributed by atoms with Crippen LogP contribution >= 0.6 is 0 Å². The van der Waals surface area contributed by atoms with E-state index in [2.05, 4.69) is 5.32 Å². The van der Waals surface area contributed by atoms with Crippen LogP contribution in [0.1, 0.15) is 13.8 Å². The third-order valence-corrected chi connectivity index (χ3v) is 3.69. The molecule has 0 saturated carbocycles. The number of carbonyl (C=O) groups is 2. The summed E-state index contributed by atoms with van der Waals surface area (Å²) in [5.74, 6) is -1.72. The monoisotopic (exact) mass is 325 g/mol. The lowest BCUT2D eigenvalue weighted by atomic mass is 10.1. The standard InChI is InChI=1S/C16H21F2N3O2/c1-11(2)16(23)21-5-3-20(4-6-21)10-15(22)19-14-8-12(17)7-13(18)9-14/h7-9,11H,3-6,10H2,1-2H3,(H,19,22). The van der Waals surface area contributed by atoms with Crippen LogP contribution < -0.4 is 5.32 Å². The van der Waals surface area contributed by atoms with Crippen molar-refractivity contribution >= 4 is 17.5 Å². The Bertz CT molecular complexity index is 564. The Labute approximate surface area is 134 Å². The van der Waals surface area contributed by atoms with Gasteiger partial charge in [-0.2, -0.15) is 0 Å². The average molecular weight is 325 g/mol. The van der Waals surface area contributed by atoms with Gasteiger partial charge in [-0.05, 0) is 12.1 Å². The molecule has 0 unspecified atom stereocenters. The van der Waals surface area contributed by atoms with E-state index in [-0.39, 0.29) is 30.0 Å². The van der Waals surface area contributed by atoms with E-state index in [1.807, 2.05) is 18.7 Å². The Hall–Kier alpha value is -2.02. The minimum Gasteiger partial charge on any atom is -0.340 e. The van der Waals surface area contributed by atoms with Crippen molar-refractivity contribution in [2.24, 2.45) is 5.92 Å². The van der Waals surface area contributed by atoms with Gasteiger partial charge in [-0.1, -0.05) is 13.8 Å². The smallest absolute Gasteiger partial charge is 0.238 e. The van der Waals surface area contributed by atoms with E-state index in [9.17, 15) is 18.4 Å². The van der Waals surface area contributed by atoms with Crippen LogP contribution in [0.15, 0.2) is 18.2 Å². The van der Waals surface area contributed by atoms with E-state index < -0.39 is 11.6 Å². The average Bonchev–Trinajstić information content (AvgIpc) is 2.45. The summed E-state index contributed by atoms with van der Waals surface area (Å²) in [4.78, 5) is 27.5. The topological polar surface area (TPSA) is 52.7 Å². The van der Waals surface area contributed by atoms with Crippen molar-refractivity contribution in [2.45, 2.75) is 13.8 Å². The Kier molecular flexibility index (Phi) is 5.65. The first-order valence-corrected chi connectivity index (χ1v) is 7.62. The number of carbonyl (C=O) groups excluding carboxylic acids is 2. The molecule has 1 aromatic rings. The van der Waals surface area contributed by atoms with Crippen molar-refractivity contribution in [3.05, 3.63) is 29.8 Å². The van der Waals surface area contributed by atoms with Crippen LogP contribution in [-0.4, -0.2) is 54.3 Å². The van der Waals surface area contributed by atoms with Crippen LogP contribution in [0.5, 0.6) is 0 Å². The molecule has 1 heterocycles. The number of amides is 2. The van der Waals surface area contributed by atoms with Crippen molar-refractivity contribution in [1.29, 1.82) is 0 Å². The van der Waals surface area contributed by atoms with Crippen LogP contribution in [0.3, 0.4) is 0 Å². The molecule has 2 amide bonds. The van der Waals surface area contributed by atoms with Gasteiger partial charge in [-0.3, -0.25) is 14.5 Å². The first-order chi connectivity index (χ1) is 10.8. The summed E-state index contributed by atoms with van der Waals surface area (Å²) in [7, 11) is 0. The summed E-state index contributed by atoms with van der Waals surface area (Å²) in [6.07, 6.45) is 0. The molecule has 0 spiro atoms. The lowest BCUT2D eigenvalue weighted by molar-refractivity contribution is -0.136. The molecular weight excluding hydrogens is 304 g/mol. The van der Waals surface area contributed by atoms with Gasteiger partial charge in [0.05, 0.1) is 6.54 Å². The molecule has 0 bridgehead atoms. The van der Waals surface area contributed by atoms with E-state index in [1.54, 1.807) is 4.90 Å². The van der Waals surface area contributed by atoms with Crippen LogP contribution in [0.2, 0.25) is 0 Å². The predicted molar refractivity (Wildman–Crippen MR) is 82.8 cm³/mol. The summed E-state index contributed by atoms with van der Waals surface area (Å²) < 4.78 is 26.2. The lowest BCUT2D eigenvalue weighted by Gasteiger charge is -2.35. The highest BCUT2D eigenvalue weighted by Gasteiger charge is 2.23. The number of nitrogens with zero attached hydrogens (tertiary/aromatic N) is 2. The molecular formula is C16H21F2N3O2. The molecule has 5 nitrogen and oxygen atoms in total. The number of anilines is 1. The Morgan fingerprint density at radius 3 is 2.17 bits per heavy atom. The van der Waals surface area contributed by atoms with Gasteiger partial charge in [0, 0.05) is 43.9 Å². The molecule has 1 aliphatic rings. The molecule has 1 fully saturated rings. The Morgan fingerprint density at radius 1 is 1.09 bits per heavy atom. The zero-order chi connectivity index (χ0) is 17.0. The summed E-state index contributed by atoms with van der Waals surface area (Å²) in [5, 5.41) is 2.48. The number of nitrogens with one attached hydrogen (secondary N) is 1. The van der Waals surface area contributed by atoms with Crippen LogP contribution in [-0.2, 0) is 9.59 Å². The minimum absolute atomic E-state index is 0.0345. The van der Waals surface area contributed by atoms with Crippen molar-refractivity contribution in [2.75, 3.05) is 38.0 Å². The molecule has 23 heavy (non-hydrogen) atoms. The molecule has 1 saturated heterocycles. The van der Waals surface area contributed by atoms with Crippen molar-refractivity contribution in [3.8, 4) is 0 Å². The van der Waals surface area contributed by atoms with E-state index in [4.69, 9.17) is 0 Å². The number of rotatable bonds is 4. The summed E-state index contributed by atoms with van der Waals surface area (Å²) in [6, 6.07) is 2.89. The van der Waals surface area contributed by atoms with E-state index in [0.29, 0.717) is 26.2 Å². The third-order valence-electron chi connectivity index (χ3n) is 3.69. The van der Waals surface area contributed by atoms with Gasteiger partial charge in [0.25, 0.3) is 0 Å². The number of benzene rings is 1. The molecule has 0 aliphatic carbocycles. The maximum atomic E-state index is 13.1. The largest absolute Gasteiger partial charge is 0.340 e. The zero-order valence-corrected chi connectivity index (χ0v) is 13.3. The molecule has 0 aromatic heterocycles. The molecule has 1 N–H and O–H groups in total. The fourth-order valence-corrected chi connectivity index (χ4v) is 2.52. The number of halogens is 2. The van der Waals surface area contributed by atoms with Crippen molar-refractivity contribution in [3.63, 3.8) is 0 Å². The quantitative estimate of drug-likeness (QED) is 0.917. The molecule has 126 valence electrons. The van der Waals surface area contributed by atoms with Crippen LogP contribution in [0.25, 0.3) is 0 Å². The maximum absolute atomic E-state index is 13.1. The van der Waals surface area contributed by atoms with Gasteiger partial charge in [0.15, 0.2) is 0 Å². The molecule has 0 radical (unpaired) electrons. The maximum Gasteiger partial charge on any atom is 0.238 e. The molecule has 1 aromatic carbocycles. The molecule has 1 aliphatic heterocycles. The fourth-order valence-electron chi connectivity index (χ4n) is 2.52. The third kappa shape index (κ3) is 4.99. The second-order valence-corrected chi connectivity index (χ2v) is 5.96. The Balaban J connectivity index is 1.82. The Morgan fingerprint density at radius 2 is 1.65 bits per heavy atom. The van der Waals surface area contributed by atoms with Gasteiger partial charge in [-0.15, -0.1) is 0 Å². The van der Waals surface area contributed by atoms with Gasteiger partial charge in [-0.25, -0.2) is 8.78 Å². The van der Waals surface area contributed by atoms with E-state index in [1.165, 1.54) is 0 Å². The van der Waals surface area contributed by atoms with Crippen molar-refractivity contribution < 1.29 is 18.4 Å². The zero-order valence-electron chi connectivity index (χ0n) is 13.3. The molecule has 2 rings (SSSR count). The predicted octanol–water partition coefficient (Wildman–Crippen LogP) is 1.70. The SMILES string of the molecule is CC(C)C(=O)N1CCN(CC(=O)Nc2cc(F)cc(F)c2)CC1. The summed E-state index contributed by atoms with van der Waals surface area (Å²) in [6.45, 7) is 6.22. The molecule has 7 heteroatoms. The van der Waals surface area contributed by atoms with Gasteiger partial charge < -0.3 is 10.2 Å². The van der Waals surface area contributed by atoms with E-state index >= 15 is 0 Å². The lowest BCUT2D eigenvalue weighted by Crippen LogP contribution is -2.51. The second-order valence-electron chi connectivity index (χ2n) is 5.96. The highest BCUT2D eigenvalue weighted by Crippen LogP contribution is 2.13. The number of hydrogen-bond donors (Lipinski definition) is 1. The highest BCUT2D eigenvalue weighted by molar-refractivity contribution is 5.92. The summed E-state index contributed by atoms with van der Waals surface area (Å²) in [5.41, 5.74) is 0.0983. The normalized spacial score (nSPS) is 15.8. The second kappa shape index (κ2) is 7.50. The fraction of sp³-hybridized carbons (Fsp3) is 0.500. The van der Waals surface area contributed by atoms with Crippen LogP contribution in [0.4, 0.5) is 14.5 Å². The van der Waals surface area contributed by atoms with Gasteiger partial charge >= 0.3 is 0 Å². The molecule has 0 atom stereocenters. The van der Waals surface area contributed by atoms with Gasteiger partial charge in [0.1, 0.15) is 11.6 Å². The van der Waals surface area contributed by atoms with E-state index in [0.717, 1.165) is 18.2 Å². The van der Waals surface area contributed by atoms with Crippen LogP contribution in [0, 0.1) is 17.6 Å². The minimum atomic E-state index is -0.735. The van der Waals surface area contributed by atoms with Crippen molar-refractivity contribution in [1.82, 2.24) is 9.80 Å². The highest BCUT2D eigenvalue weighted by atomic mass is 19.1. The number of piperazine rings is 1. The first-order valence-electron chi connectivity index (χ1n) is 7.62. The number of hydrogen-bond acceptors (Lipinski definition) is 3. The summed E-state index contributed by atoms with van der Waals surface area (Å²) >= 11 is 0.